The maximum absolute atomic E-state index is 14.5. The number of aromatic nitrogens is 1. The van der Waals surface area contributed by atoms with Crippen molar-refractivity contribution >= 4 is 69.1 Å². The predicted octanol–water partition coefficient (Wildman–Crippen LogP) is 6.54. The highest BCUT2D eigenvalue weighted by Crippen LogP contribution is 2.43. The fraction of sp³-hybridized carbons (Fsp3) is 0.465. The second kappa shape index (κ2) is 15.8. The highest BCUT2D eigenvalue weighted by atomic mass is 32.1. The normalized spacial score (nSPS) is 22.3. The molecule has 2 aromatic carbocycles. The monoisotopic (exact) mass is 794 g/mol. The zero-order valence-electron chi connectivity index (χ0n) is 33.4. The second-order valence-electron chi connectivity index (χ2n) is 17.0. The van der Waals surface area contributed by atoms with Crippen LogP contribution in [0.2, 0.25) is 5.04 Å². The van der Waals surface area contributed by atoms with Crippen LogP contribution in [0, 0.1) is 5.41 Å². The van der Waals surface area contributed by atoms with Crippen molar-refractivity contribution < 1.29 is 23.6 Å². The number of carbonyl (C=O) groups is 4. The molecule has 6 amide bonds. The SMILES string of the molecule is CC(C)N1C(=O)CC2(CCCN(C3CCN(C(=O)N(C)C(=O)Nc4cc5cccnc5s4)C(CO[Si](c4ccccc4)(c4ccccc4)C(C)(C)C)C3)C2)C1=O. The van der Waals surface area contributed by atoms with Gasteiger partial charge in [0, 0.05) is 50.2 Å². The number of carbonyl (C=O) groups excluding carboxylic acids is 4. The van der Waals surface area contributed by atoms with E-state index in [-0.39, 0.29) is 48.0 Å². The van der Waals surface area contributed by atoms with E-state index in [2.05, 4.69) is 84.5 Å². The van der Waals surface area contributed by atoms with Gasteiger partial charge in [-0.3, -0.25) is 24.7 Å². The summed E-state index contributed by atoms with van der Waals surface area (Å²) >= 11 is 1.36. The van der Waals surface area contributed by atoms with Crippen LogP contribution < -0.4 is 15.7 Å². The van der Waals surface area contributed by atoms with Gasteiger partial charge in [0.1, 0.15) is 4.83 Å². The highest BCUT2D eigenvalue weighted by molar-refractivity contribution is 7.22. The first kappa shape index (κ1) is 39.8. The Balaban J connectivity index is 1.18. The topological polar surface area (TPSA) is 115 Å². The zero-order valence-corrected chi connectivity index (χ0v) is 35.2. The quantitative estimate of drug-likeness (QED) is 0.159. The molecule has 0 radical (unpaired) electrons. The Labute approximate surface area is 335 Å². The minimum atomic E-state index is -2.97. The Morgan fingerprint density at radius 3 is 2.30 bits per heavy atom. The van der Waals surface area contributed by atoms with Crippen molar-refractivity contribution in [2.75, 3.05) is 38.6 Å². The largest absolute Gasteiger partial charge is 0.405 e. The van der Waals surface area contributed by atoms with Crippen LogP contribution in [-0.4, -0.2) is 108 Å². The molecule has 3 saturated heterocycles. The fourth-order valence-electron chi connectivity index (χ4n) is 9.30. The van der Waals surface area contributed by atoms with Crippen molar-refractivity contribution in [2.45, 2.75) is 89.9 Å². The molecule has 3 aliphatic heterocycles. The van der Waals surface area contributed by atoms with Gasteiger partial charge in [0.25, 0.3) is 8.32 Å². The Morgan fingerprint density at radius 2 is 1.70 bits per heavy atom. The van der Waals surface area contributed by atoms with Crippen molar-refractivity contribution in [1.82, 2.24) is 24.6 Å². The first-order chi connectivity index (χ1) is 26.7. The Kier molecular flexibility index (Phi) is 11.3. The summed E-state index contributed by atoms with van der Waals surface area (Å²) in [7, 11) is -1.45. The Bertz CT molecular complexity index is 2000. The van der Waals surface area contributed by atoms with Crippen LogP contribution in [0.3, 0.4) is 0 Å². The number of benzene rings is 2. The lowest BCUT2D eigenvalue weighted by atomic mass is 9.77. The summed E-state index contributed by atoms with van der Waals surface area (Å²) < 4.78 is 7.45. The van der Waals surface area contributed by atoms with Crippen LogP contribution in [0.1, 0.15) is 66.7 Å². The van der Waals surface area contributed by atoms with Gasteiger partial charge in [-0.25, -0.2) is 19.5 Å². The van der Waals surface area contributed by atoms with Crippen LogP contribution in [0.5, 0.6) is 0 Å². The molecule has 5 heterocycles. The van der Waals surface area contributed by atoms with Crippen molar-refractivity contribution in [3.63, 3.8) is 0 Å². The van der Waals surface area contributed by atoms with Crippen molar-refractivity contribution in [2.24, 2.45) is 5.41 Å². The highest BCUT2D eigenvalue weighted by Gasteiger charge is 2.55. The zero-order chi connectivity index (χ0) is 39.8. The summed E-state index contributed by atoms with van der Waals surface area (Å²) in [5.41, 5.74) is -0.714. The first-order valence-corrected chi connectivity index (χ1v) is 22.5. The maximum Gasteiger partial charge on any atom is 0.330 e. The molecule has 1 spiro atoms. The van der Waals surface area contributed by atoms with Crippen molar-refractivity contribution in [1.29, 1.82) is 0 Å². The van der Waals surface area contributed by atoms with Crippen LogP contribution in [0.4, 0.5) is 14.6 Å². The molecule has 2 aromatic heterocycles. The number of pyridine rings is 1. The molecule has 4 aromatic rings. The average Bonchev–Trinajstić information content (AvgIpc) is 3.70. The first-order valence-electron chi connectivity index (χ1n) is 19.8. The van der Waals surface area contributed by atoms with Gasteiger partial charge in [-0.1, -0.05) is 98.8 Å². The number of nitrogens with zero attached hydrogens (tertiary/aromatic N) is 5. The lowest BCUT2D eigenvalue weighted by Gasteiger charge is -2.49. The van der Waals surface area contributed by atoms with E-state index in [0.29, 0.717) is 37.4 Å². The Morgan fingerprint density at radius 1 is 1.02 bits per heavy atom. The number of piperidine rings is 2. The molecule has 1 N–H and O–H groups in total. The molecule has 0 saturated carbocycles. The molecular weight excluding hydrogens is 741 g/mol. The molecule has 296 valence electrons. The standard InChI is InChI=1S/C43H54N6O5SSi/c1-30(2)49-37(50)27-43(39(49)51)21-14-23-47(29-43)32-20-24-48(41(53)46(6)40(52)45-36-25-31-15-13-22-44-38(31)55-36)33(26-32)28-54-56(42(3,4)5,34-16-9-7-10-17-34)35-18-11-8-12-19-35/h7-13,15-19,22,25,30,32-33H,14,20-21,23-24,26-29H2,1-6H3,(H,45,52). The van der Waals surface area contributed by atoms with Crippen LogP contribution in [-0.2, 0) is 14.0 Å². The second-order valence-corrected chi connectivity index (χ2v) is 22.3. The molecule has 0 bridgehead atoms. The number of rotatable bonds is 8. The molecule has 3 unspecified atom stereocenters. The number of nitrogens with one attached hydrogen (secondary N) is 1. The summed E-state index contributed by atoms with van der Waals surface area (Å²) in [4.78, 5) is 67.1. The van der Waals surface area contributed by atoms with Crippen molar-refractivity contribution in [3.05, 3.63) is 85.1 Å². The van der Waals surface area contributed by atoms with Gasteiger partial charge in [0.15, 0.2) is 0 Å². The van der Waals surface area contributed by atoms with Gasteiger partial charge in [-0.2, -0.15) is 0 Å². The number of fused-ring (bicyclic) bond motifs is 1. The van der Waals surface area contributed by atoms with Gasteiger partial charge >= 0.3 is 12.1 Å². The summed E-state index contributed by atoms with van der Waals surface area (Å²) in [6, 6.07) is 25.2. The minimum absolute atomic E-state index is 0.0524. The third-order valence-corrected chi connectivity index (χ3v) is 18.0. The Hall–Kier alpha value is -4.43. The summed E-state index contributed by atoms with van der Waals surface area (Å²) in [5.74, 6) is -0.138. The lowest BCUT2D eigenvalue weighted by Crippen LogP contribution is -2.68. The lowest BCUT2D eigenvalue weighted by molar-refractivity contribution is -0.145. The smallest absolute Gasteiger partial charge is 0.330 e. The maximum atomic E-state index is 14.5. The minimum Gasteiger partial charge on any atom is -0.405 e. The van der Waals surface area contributed by atoms with E-state index in [1.807, 2.05) is 49.1 Å². The number of amides is 6. The van der Waals surface area contributed by atoms with Gasteiger partial charge in [0.2, 0.25) is 11.8 Å². The van der Waals surface area contributed by atoms with Crippen LogP contribution in [0.25, 0.3) is 10.2 Å². The molecule has 3 fully saturated rings. The van der Waals surface area contributed by atoms with Gasteiger partial charge in [-0.15, -0.1) is 0 Å². The van der Waals surface area contributed by atoms with Gasteiger partial charge < -0.3 is 9.33 Å². The van der Waals surface area contributed by atoms with E-state index in [1.165, 1.54) is 23.3 Å². The number of likely N-dealkylation sites (tertiary alicyclic amines) is 3. The van der Waals surface area contributed by atoms with Crippen LogP contribution in [0.15, 0.2) is 85.1 Å². The number of thiophene rings is 1. The van der Waals surface area contributed by atoms with Gasteiger partial charge in [-0.05, 0) is 73.6 Å². The molecule has 7 rings (SSSR count). The molecule has 3 atom stereocenters. The van der Waals surface area contributed by atoms with E-state index in [0.717, 1.165) is 38.5 Å². The number of hydrogen-bond acceptors (Lipinski definition) is 8. The fourth-order valence-corrected chi connectivity index (χ4v) is 14.8. The summed E-state index contributed by atoms with van der Waals surface area (Å²) in [5, 5.41) is 6.47. The van der Waals surface area contributed by atoms with Gasteiger partial charge in [0.05, 0.1) is 23.1 Å². The third-order valence-electron chi connectivity index (χ3n) is 12.0. The third kappa shape index (κ3) is 7.42. The van der Waals surface area contributed by atoms with E-state index in [1.54, 1.807) is 6.20 Å². The molecule has 13 heteroatoms. The predicted molar refractivity (Wildman–Crippen MR) is 224 cm³/mol. The number of anilines is 1. The molecule has 11 nitrogen and oxygen atoms in total. The van der Waals surface area contributed by atoms with Crippen LogP contribution >= 0.6 is 11.3 Å². The summed E-state index contributed by atoms with van der Waals surface area (Å²) in [6.45, 7) is 12.5. The van der Waals surface area contributed by atoms with E-state index in [9.17, 15) is 19.2 Å². The van der Waals surface area contributed by atoms with Crippen molar-refractivity contribution in [3.8, 4) is 0 Å². The number of urea groups is 2. The molecule has 56 heavy (non-hydrogen) atoms. The van der Waals surface area contributed by atoms with E-state index >= 15 is 0 Å². The molecule has 0 aliphatic carbocycles. The number of imide groups is 2. The molecule has 3 aliphatic rings. The van der Waals surface area contributed by atoms with E-state index < -0.39 is 25.8 Å². The average molecular weight is 795 g/mol. The summed E-state index contributed by atoms with van der Waals surface area (Å²) in [6.07, 6.45) is 4.76. The number of hydrogen-bond donors (Lipinski definition) is 1. The van der Waals surface area contributed by atoms with E-state index in [4.69, 9.17) is 4.43 Å². The molecular formula is C43H54N6O5SSi.